The van der Waals surface area contributed by atoms with E-state index in [2.05, 4.69) is 37.3 Å². The molecule has 0 atom stereocenters. The molecule has 0 aliphatic rings. The van der Waals surface area contributed by atoms with Crippen molar-refractivity contribution in [3.63, 3.8) is 0 Å². The predicted molar refractivity (Wildman–Crippen MR) is 144 cm³/mol. The van der Waals surface area contributed by atoms with Gasteiger partial charge in [0.1, 0.15) is 23.9 Å². The Hall–Kier alpha value is -4.56. The number of H-pyrrole nitrogens is 2. The van der Waals surface area contributed by atoms with Crippen molar-refractivity contribution in [3.8, 4) is 39.4 Å². The molecule has 0 saturated heterocycles. The van der Waals surface area contributed by atoms with Gasteiger partial charge in [-0.25, -0.2) is 9.37 Å². The number of fused-ring (bicyclic) bond motifs is 2. The molecule has 37 heavy (non-hydrogen) atoms. The van der Waals surface area contributed by atoms with Crippen LogP contribution in [0.5, 0.6) is 5.75 Å². The Labute approximate surface area is 213 Å². The molecule has 0 unspecified atom stereocenters. The number of rotatable bonds is 7. The van der Waals surface area contributed by atoms with Crippen LogP contribution in [0.4, 0.5) is 4.39 Å². The van der Waals surface area contributed by atoms with Crippen molar-refractivity contribution < 1.29 is 9.13 Å². The third-order valence-electron chi connectivity index (χ3n) is 6.34. The van der Waals surface area contributed by atoms with Crippen LogP contribution < -0.4 is 4.74 Å². The lowest BCUT2D eigenvalue weighted by molar-refractivity contribution is 0.260. The van der Waals surface area contributed by atoms with Gasteiger partial charge in [-0.1, -0.05) is 12.1 Å². The average molecular weight is 493 g/mol. The second-order valence-corrected chi connectivity index (χ2v) is 9.21. The van der Waals surface area contributed by atoms with Crippen molar-refractivity contribution in [3.05, 3.63) is 85.1 Å². The van der Waals surface area contributed by atoms with Gasteiger partial charge in [0.25, 0.3) is 0 Å². The number of benzene rings is 2. The van der Waals surface area contributed by atoms with Crippen molar-refractivity contribution in [1.82, 2.24) is 30.0 Å². The van der Waals surface area contributed by atoms with E-state index >= 15 is 0 Å². The SMILES string of the molecule is CN(C)CCOc1cc(F)cc(-c2cccc3[nH]c(-c4n[nH]c5ncc(-c6ccncc6)cc45)cc23)c1. The van der Waals surface area contributed by atoms with E-state index in [-0.39, 0.29) is 5.82 Å². The van der Waals surface area contributed by atoms with Crippen LogP contribution in [-0.4, -0.2) is 57.3 Å². The summed E-state index contributed by atoms with van der Waals surface area (Å²) >= 11 is 0. The van der Waals surface area contributed by atoms with Crippen LogP contribution in [0.25, 0.3) is 55.6 Å². The maximum atomic E-state index is 14.6. The van der Waals surface area contributed by atoms with E-state index < -0.39 is 0 Å². The summed E-state index contributed by atoms with van der Waals surface area (Å²) in [5.41, 5.74) is 6.93. The first-order valence-corrected chi connectivity index (χ1v) is 12.0. The molecular weight excluding hydrogens is 467 g/mol. The molecule has 0 fully saturated rings. The highest BCUT2D eigenvalue weighted by Gasteiger charge is 2.16. The quantitative estimate of drug-likeness (QED) is 0.289. The summed E-state index contributed by atoms with van der Waals surface area (Å²) in [6.45, 7) is 1.23. The largest absolute Gasteiger partial charge is 0.492 e. The van der Waals surface area contributed by atoms with Crippen LogP contribution >= 0.6 is 0 Å². The van der Waals surface area contributed by atoms with Gasteiger partial charge in [-0.05, 0) is 73.3 Å². The maximum Gasteiger partial charge on any atom is 0.155 e. The number of pyridine rings is 2. The third-order valence-corrected chi connectivity index (χ3v) is 6.34. The zero-order chi connectivity index (χ0) is 25.4. The van der Waals surface area contributed by atoms with Gasteiger partial charge in [0, 0.05) is 53.1 Å². The van der Waals surface area contributed by atoms with Crippen molar-refractivity contribution in [2.75, 3.05) is 27.2 Å². The highest BCUT2D eigenvalue weighted by molar-refractivity contribution is 6.01. The Bertz CT molecular complexity index is 1710. The summed E-state index contributed by atoms with van der Waals surface area (Å²) in [4.78, 5) is 14.2. The number of ether oxygens (including phenoxy) is 1. The van der Waals surface area contributed by atoms with Gasteiger partial charge in [0.15, 0.2) is 5.65 Å². The van der Waals surface area contributed by atoms with E-state index in [4.69, 9.17) is 4.74 Å². The normalized spacial score (nSPS) is 11.6. The highest BCUT2D eigenvalue weighted by atomic mass is 19.1. The molecule has 0 bridgehead atoms. The van der Waals surface area contributed by atoms with E-state index in [1.807, 2.05) is 61.6 Å². The fourth-order valence-electron chi connectivity index (χ4n) is 4.49. The van der Waals surface area contributed by atoms with Crippen molar-refractivity contribution >= 4 is 21.9 Å². The van der Waals surface area contributed by atoms with Crippen LogP contribution in [0, 0.1) is 5.82 Å². The molecule has 0 spiro atoms. The summed E-state index contributed by atoms with van der Waals surface area (Å²) in [6.07, 6.45) is 5.35. The van der Waals surface area contributed by atoms with E-state index in [1.54, 1.807) is 12.4 Å². The summed E-state index contributed by atoms with van der Waals surface area (Å²) in [5.74, 6) is 0.177. The smallest absolute Gasteiger partial charge is 0.155 e. The number of halogens is 1. The van der Waals surface area contributed by atoms with Crippen LogP contribution in [0.1, 0.15) is 0 Å². The van der Waals surface area contributed by atoms with Crippen LogP contribution in [0.3, 0.4) is 0 Å². The molecule has 6 rings (SSSR count). The van der Waals surface area contributed by atoms with Gasteiger partial charge >= 0.3 is 0 Å². The molecule has 184 valence electrons. The van der Waals surface area contributed by atoms with Gasteiger partial charge in [-0.3, -0.25) is 10.1 Å². The second-order valence-electron chi connectivity index (χ2n) is 9.21. The minimum absolute atomic E-state index is 0.335. The number of nitrogens with zero attached hydrogens (tertiary/aromatic N) is 4. The Morgan fingerprint density at radius 3 is 2.62 bits per heavy atom. The molecule has 0 saturated carbocycles. The molecule has 0 radical (unpaired) electrons. The van der Waals surface area contributed by atoms with Gasteiger partial charge in [0.2, 0.25) is 0 Å². The monoisotopic (exact) mass is 492 g/mol. The molecule has 8 heteroatoms. The fourth-order valence-corrected chi connectivity index (χ4v) is 4.49. The summed E-state index contributed by atoms with van der Waals surface area (Å²) in [7, 11) is 3.95. The maximum absolute atomic E-state index is 14.6. The minimum atomic E-state index is -0.335. The fraction of sp³-hybridized carbons (Fsp3) is 0.138. The lowest BCUT2D eigenvalue weighted by atomic mass is 10.0. The summed E-state index contributed by atoms with van der Waals surface area (Å²) < 4.78 is 20.4. The Balaban J connectivity index is 1.41. The summed E-state index contributed by atoms with van der Waals surface area (Å²) in [5, 5.41) is 9.47. The van der Waals surface area contributed by atoms with Crippen molar-refractivity contribution in [1.29, 1.82) is 0 Å². The number of aromatic nitrogens is 5. The van der Waals surface area contributed by atoms with Crippen molar-refractivity contribution in [2.45, 2.75) is 0 Å². The van der Waals surface area contributed by atoms with E-state index in [0.29, 0.717) is 18.0 Å². The lowest BCUT2D eigenvalue weighted by Crippen LogP contribution is -2.19. The van der Waals surface area contributed by atoms with E-state index in [9.17, 15) is 4.39 Å². The molecule has 0 aliphatic carbocycles. The molecule has 4 heterocycles. The van der Waals surface area contributed by atoms with Crippen LogP contribution in [-0.2, 0) is 0 Å². The Morgan fingerprint density at radius 2 is 1.78 bits per heavy atom. The molecule has 2 N–H and O–H groups in total. The lowest BCUT2D eigenvalue weighted by Gasteiger charge is -2.12. The Kier molecular flexibility index (Phi) is 5.86. The zero-order valence-corrected chi connectivity index (χ0v) is 20.5. The first-order valence-electron chi connectivity index (χ1n) is 12.0. The van der Waals surface area contributed by atoms with Crippen LogP contribution in [0.2, 0.25) is 0 Å². The molecular formula is C29H25FN6O. The van der Waals surface area contributed by atoms with E-state index in [1.165, 1.54) is 12.1 Å². The molecule has 7 nitrogen and oxygen atoms in total. The predicted octanol–water partition coefficient (Wildman–Crippen LogP) is 5.91. The first-order chi connectivity index (χ1) is 18.0. The Morgan fingerprint density at radius 1 is 0.919 bits per heavy atom. The number of hydrogen-bond acceptors (Lipinski definition) is 5. The van der Waals surface area contributed by atoms with Gasteiger partial charge in [0.05, 0.1) is 5.69 Å². The first kappa shape index (κ1) is 22.9. The van der Waals surface area contributed by atoms with Gasteiger partial charge < -0.3 is 14.6 Å². The number of aromatic amines is 2. The van der Waals surface area contributed by atoms with Gasteiger partial charge in [-0.15, -0.1) is 0 Å². The number of hydrogen-bond donors (Lipinski definition) is 2. The van der Waals surface area contributed by atoms with Crippen molar-refractivity contribution in [2.24, 2.45) is 0 Å². The van der Waals surface area contributed by atoms with E-state index in [0.717, 1.165) is 56.5 Å². The third kappa shape index (κ3) is 4.54. The number of likely N-dealkylation sites (N-methyl/N-ethyl adjacent to an activating group) is 1. The summed E-state index contributed by atoms with van der Waals surface area (Å²) in [6, 6.07) is 18.8. The molecule has 2 aromatic carbocycles. The van der Waals surface area contributed by atoms with Gasteiger partial charge in [-0.2, -0.15) is 5.10 Å². The second kappa shape index (κ2) is 9.48. The average Bonchev–Trinajstić information content (AvgIpc) is 3.52. The topological polar surface area (TPSA) is 82.7 Å². The van der Waals surface area contributed by atoms with Crippen LogP contribution in [0.15, 0.2) is 79.3 Å². The minimum Gasteiger partial charge on any atom is -0.492 e. The molecule has 0 aliphatic heterocycles. The standard InChI is InChI=1S/C29H25FN6O/c1-36(2)10-11-37-22-13-19(12-21(30)15-22)23-4-3-5-26-24(23)16-27(33-26)28-25-14-20(17-32-29(25)35-34-28)18-6-8-31-9-7-18/h3-9,12-17,33H,10-11H2,1-2H3,(H,32,34,35). The molecule has 0 amide bonds. The molecule has 4 aromatic heterocycles. The number of nitrogens with one attached hydrogen (secondary N) is 2. The highest BCUT2D eigenvalue weighted by Crippen LogP contribution is 2.36. The zero-order valence-electron chi connectivity index (χ0n) is 20.5. The molecule has 6 aromatic rings.